The lowest BCUT2D eigenvalue weighted by molar-refractivity contribution is -0.129. The van der Waals surface area contributed by atoms with Gasteiger partial charge in [-0.25, -0.2) is 0 Å². The first kappa shape index (κ1) is 19.0. The van der Waals surface area contributed by atoms with Crippen LogP contribution in [0.3, 0.4) is 0 Å². The van der Waals surface area contributed by atoms with Crippen molar-refractivity contribution in [1.29, 1.82) is 0 Å². The molecule has 7 heteroatoms. The van der Waals surface area contributed by atoms with E-state index in [4.69, 9.17) is 11.6 Å². The first-order valence-corrected chi connectivity index (χ1v) is 9.40. The molecule has 2 heterocycles. The summed E-state index contributed by atoms with van der Waals surface area (Å²) < 4.78 is 0. The van der Waals surface area contributed by atoms with E-state index in [1.165, 1.54) is 0 Å². The molecule has 2 N–H and O–H groups in total. The number of likely N-dealkylation sites (tertiary alicyclic amines) is 1. The number of hydrogen-bond donors (Lipinski definition) is 2. The van der Waals surface area contributed by atoms with Crippen molar-refractivity contribution in [2.75, 3.05) is 27.3 Å². The van der Waals surface area contributed by atoms with Gasteiger partial charge in [-0.1, -0.05) is 23.7 Å². The van der Waals surface area contributed by atoms with E-state index in [9.17, 15) is 9.90 Å². The van der Waals surface area contributed by atoms with E-state index in [2.05, 4.69) is 21.3 Å². The van der Waals surface area contributed by atoms with Gasteiger partial charge in [0.05, 0.1) is 12.7 Å². The van der Waals surface area contributed by atoms with E-state index in [0.29, 0.717) is 18.0 Å². The molecule has 1 fully saturated rings. The summed E-state index contributed by atoms with van der Waals surface area (Å²) in [6, 6.07) is 7.17. The van der Waals surface area contributed by atoms with Crippen molar-refractivity contribution in [3.63, 3.8) is 0 Å². The van der Waals surface area contributed by atoms with E-state index >= 15 is 0 Å². The van der Waals surface area contributed by atoms with E-state index in [1.54, 1.807) is 0 Å². The van der Waals surface area contributed by atoms with Crippen molar-refractivity contribution in [1.82, 2.24) is 20.0 Å². The number of benzene rings is 1. The molecular weight excluding hydrogens is 352 g/mol. The highest BCUT2D eigenvalue weighted by Crippen LogP contribution is 2.25. The molecule has 0 aromatic heterocycles. The van der Waals surface area contributed by atoms with Crippen LogP contribution in [0.25, 0.3) is 0 Å². The number of halogens is 1. The molecule has 0 radical (unpaired) electrons. The number of hydrogen-bond acceptors (Lipinski definition) is 5. The summed E-state index contributed by atoms with van der Waals surface area (Å²) in [7, 11) is 4.03. The molecule has 2 atom stereocenters. The predicted octanol–water partition coefficient (Wildman–Crippen LogP) is 1.81. The van der Waals surface area contributed by atoms with Gasteiger partial charge in [0.25, 0.3) is 0 Å². The number of nitrogens with one attached hydrogen (secondary N) is 1. The standard InChI is InChI=1S/C19H27ClN4O2/c1-22-12-16(23(2)13-22)10-18(25)24-9-3-4-17(24)19(26)21-11-14-5-7-15(20)8-6-14/h5-8,12,17-18,25H,3-4,9-11,13H2,1-2H3,(H,21,26)/t17-,18?/m0/s1. The smallest absolute Gasteiger partial charge is 0.237 e. The van der Waals surface area contributed by atoms with Crippen LogP contribution in [0, 0.1) is 0 Å². The molecule has 1 amide bonds. The zero-order valence-electron chi connectivity index (χ0n) is 15.4. The van der Waals surface area contributed by atoms with Gasteiger partial charge in [-0.3, -0.25) is 9.69 Å². The topological polar surface area (TPSA) is 59.1 Å². The Hall–Kier alpha value is -1.76. The maximum Gasteiger partial charge on any atom is 0.237 e. The Morgan fingerprint density at radius 1 is 1.35 bits per heavy atom. The normalized spacial score (nSPS) is 21.8. The lowest BCUT2D eigenvalue weighted by Gasteiger charge is -2.30. The van der Waals surface area contributed by atoms with Gasteiger partial charge in [0.15, 0.2) is 0 Å². The molecule has 26 heavy (non-hydrogen) atoms. The van der Waals surface area contributed by atoms with Gasteiger partial charge in [-0.2, -0.15) is 0 Å². The van der Waals surface area contributed by atoms with E-state index in [0.717, 1.165) is 37.3 Å². The molecule has 0 spiro atoms. The zero-order valence-corrected chi connectivity index (χ0v) is 16.1. The third-order valence-electron chi connectivity index (χ3n) is 5.05. The summed E-state index contributed by atoms with van der Waals surface area (Å²) in [6.45, 7) is 2.04. The highest BCUT2D eigenvalue weighted by atomic mass is 35.5. The molecule has 1 unspecified atom stereocenters. The van der Waals surface area contributed by atoms with Gasteiger partial charge < -0.3 is 20.2 Å². The van der Waals surface area contributed by atoms with Gasteiger partial charge in [-0.05, 0) is 30.5 Å². The van der Waals surface area contributed by atoms with E-state index < -0.39 is 6.23 Å². The molecule has 1 saturated heterocycles. The number of aliphatic hydroxyl groups excluding tert-OH is 1. The highest BCUT2D eigenvalue weighted by Gasteiger charge is 2.35. The van der Waals surface area contributed by atoms with Crippen LogP contribution in [0.4, 0.5) is 0 Å². The minimum Gasteiger partial charge on any atom is -0.378 e. The van der Waals surface area contributed by atoms with Crippen LogP contribution in [-0.2, 0) is 11.3 Å². The van der Waals surface area contributed by atoms with Crippen LogP contribution in [0.1, 0.15) is 24.8 Å². The second kappa shape index (κ2) is 8.29. The third-order valence-corrected chi connectivity index (χ3v) is 5.30. The fraction of sp³-hybridized carbons (Fsp3) is 0.526. The van der Waals surface area contributed by atoms with Crippen molar-refractivity contribution in [2.45, 2.75) is 38.1 Å². The fourth-order valence-corrected chi connectivity index (χ4v) is 3.79. The minimum atomic E-state index is -0.649. The van der Waals surface area contributed by atoms with E-state index in [-0.39, 0.29) is 11.9 Å². The second-order valence-corrected chi connectivity index (χ2v) is 7.58. The van der Waals surface area contributed by atoms with Crippen LogP contribution < -0.4 is 5.32 Å². The predicted molar refractivity (Wildman–Crippen MR) is 102 cm³/mol. The second-order valence-electron chi connectivity index (χ2n) is 7.14. The van der Waals surface area contributed by atoms with Crippen molar-refractivity contribution >= 4 is 17.5 Å². The average Bonchev–Trinajstić information content (AvgIpc) is 3.21. The van der Waals surface area contributed by atoms with Crippen molar-refractivity contribution < 1.29 is 9.90 Å². The molecule has 3 rings (SSSR count). The summed E-state index contributed by atoms with van der Waals surface area (Å²) in [4.78, 5) is 18.8. The Kier molecular flexibility index (Phi) is 6.06. The van der Waals surface area contributed by atoms with Crippen LogP contribution in [0.15, 0.2) is 36.2 Å². The largest absolute Gasteiger partial charge is 0.378 e. The van der Waals surface area contributed by atoms with Crippen LogP contribution in [0.5, 0.6) is 0 Å². The molecule has 1 aromatic rings. The summed E-state index contributed by atoms with van der Waals surface area (Å²) in [5, 5.41) is 14.4. The Balaban J connectivity index is 1.55. The third kappa shape index (κ3) is 4.50. The molecule has 2 aliphatic heterocycles. The Morgan fingerprint density at radius 3 is 2.73 bits per heavy atom. The van der Waals surface area contributed by atoms with Gasteiger partial charge in [0.1, 0.15) is 6.23 Å². The maximum absolute atomic E-state index is 12.6. The first-order valence-electron chi connectivity index (χ1n) is 9.02. The minimum absolute atomic E-state index is 0.0256. The molecule has 142 valence electrons. The molecule has 1 aromatic carbocycles. The Bertz CT molecular complexity index is 664. The lowest BCUT2D eigenvalue weighted by Crippen LogP contribution is -2.48. The summed E-state index contributed by atoms with van der Waals surface area (Å²) >= 11 is 5.89. The summed E-state index contributed by atoms with van der Waals surface area (Å²) in [6.07, 6.45) is 3.63. The van der Waals surface area contributed by atoms with E-state index in [1.807, 2.05) is 43.3 Å². The van der Waals surface area contributed by atoms with Crippen molar-refractivity contribution in [3.05, 3.63) is 46.7 Å². The summed E-state index contributed by atoms with van der Waals surface area (Å²) in [5.41, 5.74) is 2.10. The van der Waals surface area contributed by atoms with Gasteiger partial charge in [0, 0.05) is 50.5 Å². The SMILES string of the molecule is CN1C=C(CC(O)N2CCC[C@H]2C(=O)NCc2ccc(Cl)cc2)N(C)C1. The number of nitrogens with zero attached hydrogens (tertiary/aromatic N) is 3. The number of aliphatic hydroxyl groups is 1. The van der Waals surface area contributed by atoms with Crippen LogP contribution >= 0.6 is 11.6 Å². The quantitative estimate of drug-likeness (QED) is 0.790. The number of carbonyl (C=O) groups is 1. The van der Waals surface area contributed by atoms with Gasteiger partial charge in [0.2, 0.25) is 5.91 Å². The van der Waals surface area contributed by atoms with Gasteiger partial charge >= 0.3 is 0 Å². The molecule has 0 aliphatic carbocycles. The number of rotatable bonds is 6. The van der Waals surface area contributed by atoms with Crippen LogP contribution in [-0.4, -0.2) is 65.3 Å². The lowest BCUT2D eigenvalue weighted by atomic mass is 10.1. The molecular formula is C19H27ClN4O2. The molecule has 0 bridgehead atoms. The Morgan fingerprint density at radius 2 is 2.08 bits per heavy atom. The van der Waals surface area contributed by atoms with Gasteiger partial charge in [-0.15, -0.1) is 0 Å². The average molecular weight is 379 g/mol. The van der Waals surface area contributed by atoms with Crippen molar-refractivity contribution in [3.8, 4) is 0 Å². The fourth-order valence-electron chi connectivity index (χ4n) is 3.67. The van der Waals surface area contributed by atoms with Crippen LogP contribution in [0.2, 0.25) is 5.02 Å². The number of amides is 1. The Labute approximate surface area is 160 Å². The number of carbonyl (C=O) groups excluding carboxylic acids is 1. The molecule has 6 nitrogen and oxygen atoms in total. The zero-order chi connectivity index (χ0) is 18.7. The monoisotopic (exact) mass is 378 g/mol. The molecule has 2 aliphatic rings. The molecule has 0 saturated carbocycles. The van der Waals surface area contributed by atoms with Crippen molar-refractivity contribution in [2.24, 2.45) is 0 Å². The highest BCUT2D eigenvalue weighted by molar-refractivity contribution is 6.30. The summed E-state index contributed by atoms with van der Waals surface area (Å²) in [5.74, 6) is -0.0256. The first-order chi connectivity index (χ1) is 12.4. The maximum atomic E-state index is 12.6.